The van der Waals surface area contributed by atoms with Gasteiger partial charge in [0, 0.05) is 30.4 Å². The Morgan fingerprint density at radius 1 is 1.36 bits per heavy atom. The van der Waals surface area contributed by atoms with E-state index in [9.17, 15) is 0 Å². The zero-order valence-electron chi connectivity index (χ0n) is 5.84. The molecule has 0 spiro atoms. The first-order chi connectivity index (χ1) is 5.47. The van der Waals surface area contributed by atoms with Crippen LogP contribution in [0.4, 0.5) is 0 Å². The number of hydrogen-bond donors (Lipinski definition) is 0. The molecule has 1 aliphatic heterocycles. The third-order valence-electron chi connectivity index (χ3n) is 1.38. The summed E-state index contributed by atoms with van der Waals surface area (Å²) in [5.74, 6) is 0. The molecule has 2 rings (SSSR count). The zero-order chi connectivity index (χ0) is 7.52. The number of hydrogen-bond acceptors (Lipinski definition) is 4. The molecule has 1 aliphatic rings. The van der Waals surface area contributed by atoms with Gasteiger partial charge in [-0.2, -0.15) is 0 Å². The molecular formula is C7H7N3S. The molecule has 0 atom stereocenters. The Hall–Kier alpha value is -1.03. The molecule has 4 heteroatoms. The summed E-state index contributed by atoms with van der Waals surface area (Å²) in [6.45, 7) is 0. The second-order valence-electron chi connectivity index (χ2n) is 2.14. The topological polar surface area (TPSA) is 37.6 Å². The van der Waals surface area contributed by atoms with E-state index in [0.29, 0.717) is 0 Å². The Morgan fingerprint density at radius 2 is 2.18 bits per heavy atom. The van der Waals surface area contributed by atoms with E-state index >= 15 is 0 Å². The molecule has 3 nitrogen and oxygen atoms in total. The van der Waals surface area contributed by atoms with Gasteiger partial charge in [0.05, 0.1) is 0 Å². The number of aliphatic imine (C=N–C) groups is 2. The molecule has 0 bridgehead atoms. The molecule has 11 heavy (non-hydrogen) atoms. The minimum atomic E-state index is -0.0660. The van der Waals surface area contributed by atoms with Gasteiger partial charge < -0.3 is 0 Å². The summed E-state index contributed by atoms with van der Waals surface area (Å²) in [4.78, 5) is 12.5. The van der Waals surface area contributed by atoms with Gasteiger partial charge in [0.25, 0.3) is 0 Å². The van der Waals surface area contributed by atoms with Crippen LogP contribution >= 0.6 is 11.3 Å². The van der Waals surface area contributed by atoms with Crippen molar-refractivity contribution in [1.29, 1.82) is 0 Å². The maximum Gasteiger partial charge on any atom is 0.190 e. The second kappa shape index (κ2) is 2.92. The largest absolute Gasteiger partial charge is 0.263 e. The van der Waals surface area contributed by atoms with Crippen LogP contribution in [0.2, 0.25) is 0 Å². The van der Waals surface area contributed by atoms with Gasteiger partial charge in [-0.05, 0) is 0 Å². The Balaban J connectivity index is 2.23. The number of thiazole rings is 1. The summed E-state index contributed by atoms with van der Waals surface area (Å²) in [5, 5.41) is 2.91. The molecule has 0 radical (unpaired) electrons. The van der Waals surface area contributed by atoms with Crippen molar-refractivity contribution in [2.75, 3.05) is 0 Å². The monoisotopic (exact) mass is 165 g/mol. The second-order valence-corrected chi connectivity index (χ2v) is 3.07. The predicted octanol–water partition coefficient (Wildman–Crippen LogP) is 1.69. The average molecular weight is 165 g/mol. The molecule has 0 N–H and O–H groups in total. The van der Waals surface area contributed by atoms with Crippen molar-refractivity contribution in [2.24, 2.45) is 9.98 Å². The molecule has 0 aromatic carbocycles. The fraction of sp³-hybridized carbons (Fsp3) is 0.286. The van der Waals surface area contributed by atoms with Crippen LogP contribution in [0.25, 0.3) is 0 Å². The van der Waals surface area contributed by atoms with Gasteiger partial charge in [-0.15, -0.1) is 11.3 Å². The van der Waals surface area contributed by atoms with Crippen LogP contribution in [-0.2, 0) is 0 Å². The Kier molecular flexibility index (Phi) is 1.77. The molecule has 0 fully saturated rings. The third kappa shape index (κ3) is 1.35. The summed E-state index contributed by atoms with van der Waals surface area (Å²) in [7, 11) is 0. The molecule has 56 valence electrons. The van der Waals surface area contributed by atoms with Crippen molar-refractivity contribution < 1.29 is 0 Å². The van der Waals surface area contributed by atoms with E-state index in [0.717, 1.165) is 11.4 Å². The summed E-state index contributed by atoms with van der Waals surface area (Å²) < 4.78 is 0. The van der Waals surface area contributed by atoms with E-state index in [1.165, 1.54) is 0 Å². The average Bonchev–Trinajstić information content (AvgIpc) is 2.58. The van der Waals surface area contributed by atoms with E-state index in [1.54, 1.807) is 17.5 Å². The van der Waals surface area contributed by atoms with Crippen molar-refractivity contribution in [2.45, 2.75) is 12.6 Å². The third-order valence-corrected chi connectivity index (χ3v) is 2.19. The van der Waals surface area contributed by atoms with Crippen molar-refractivity contribution >= 4 is 23.8 Å². The lowest BCUT2D eigenvalue weighted by Gasteiger charge is -2.05. The van der Waals surface area contributed by atoms with Gasteiger partial charge >= 0.3 is 0 Å². The first-order valence-corrected chi connectivity index (χ1v) is 4.27. The summed E-state index contributed by atoms with van der Waals surface area (Å²) in [6.07, 6.45) is 6.31. The maximum atomic E-state index is 4.20. The molecular weight excluding hydrogens is 158 g/mol. The predicted molar refractivity (Wildman–Crippen MR) is 46.5 cm³/mol. The Labute approximate surface area is 68.5 Å². The van der Waals surface area contributed by atoms with E-state index < -0.39 is 0 Å². The summed E-state index contributed by atoms with van der Waals surface area (Å²) in [6, 6.07) is 0. The highest BCUT2D eigenvalue weighted by Crippen LogP contribution is 2.21. The van der Waals surface area contributed by atoms with Gasteiger partial charge in [0.2, 0.25) is 0 Å². The first-order valence-electron chi connectivity index (χ1n) is 3.39. The molecule has 0 aliphatic carbocycles. The highest BCUT2D eigenvalue weighted by Gasteiger charge is 2.09. The molecule has 2 heterocycles. The smallest absolute Gasteiger partial charge is 0.190 e. The minimum absolute atomic E-state index is 0.0660. The van der Waals surface area contributed by atoms with Gasteiger partial charge in [-0.3, -0.25) is 9.98 Å². The van der Waals surface area contributed by atoms with Crippen LogP contribution in [0.5, 0.6) is 0 Å². The normalized spacial score (nSPS) is 17.5. The Bertz CT molecular complexity index is 264. The molecule has 0 unspecified atom stereocenters. The van der Waals surface area contributed by atoms with Crippen LogP contribution in [0.15, 0.2) is 21.6 Å². The van der Waals surface area contributed by atoms with Crippen molar-refractivity contribution in [1.82, 2.24) is 4.98 Å². The molecule has 1 aromatic heterocycles. The lowest BCUT2D eigenvalue weighted by atomic mass is 10.4. The van der Waals surface area contributed by atoms with E-state index in [-0.39, 0.29) is 6.17 Å². The van der Waals surface area contributed by atoms with Crippen LogP contribution in [-0.4, -0.2) is 17.4 Å². The maximum absolute atomic E-state index is 4.20. The number of aromatic nitrogens is 1. The lowest BCUT2D eigenvalue weighted by Crippen LogP contribution is -1.97. The van der Waals surface area contributed by atoms with Crippen LogP contribution in [0, 0.1) is 0 Å². The van der Waals surface area contributed by atoms with Gasteiger partial charge in [-0.1, -0.05) is 0 Å². The first kappa shape index (κ1) is 6.67. The fourth-order valence-electron chi connectivity index (χ4n) is 0.897. The molecule has 0 saturated heterocycles. The molecule has 0 saturated carbocycles. The van der Waals surface area contributed by atoms with Crippen molar-refractivity contribution in [3.8, 4) is 0 Å². The summed E-state index contributed by atoms with van der Waals surface area (Å²) >= 11 is 1.59. The quantitative estimate of drug-likeness (QED) is 0.624. The highest BCUT2D eigenvalue weighted by atomic mass is 32.1. The SMILES string of the molecule is C1=NC(c2nccs2)N=CC1. The van der Waals surface area contributed by atoms with Gasteiger partial charge in [0.15, 0.2) is 6.17 Å². The zero-order valence-corrected chi connectivity index (χ0v) is 6.66. The number of nitrogens with zero attached hydrogens (tertiary/aromatic N) is 3. The van der Waals surface area contributed by atoms with Crippen LogP contribution < -0.4 is 0 Å². The van der Waals surface area contributed by atoms with Crippen LogP contribution in [0.1, 0.15) is 17.6 Å². The molecule has 1 aromatic rings. The summed E-state index contributed by atoms with van der Waals surface area (Å²) in [5.41, 5.74) is 0. The molecule has 0 amide bonds. The number of rotatable bonds is 1. The van der Waals surface area contributed by atoms with E-state index in [1.807, 2.05) is 17.8 Å². The van der Waals surface area contributed by atoms with Crippen LogP contribution in [0.3, 0.4) is 0 Å². The van der Waals surface area contributed by atoms with Crippen molar-refractivity contribution in [3.63, 3.8) is 0 Å². The van der Waals surface area contributed by atoms with Gasteiger partial charge in [0.1, 0.15) is 5.01 Å². The fourth-order valence-corrected chi connectivity index (χ4v) is 1.52. The van der Waals surface area contributed by atoms with Gasteiger partial charge in [-0.25, -0.2) is 4.98 Å². The van der Waals surface area contributed by atoms with Crippen molar-refractivity contribution in [3.05, 3.63) is 16.6 Å². The lowest BCUT2D eigenvalue weighted by molar-refractivity contribution is 0.766. The highest BCUT2D eigenvalue weighted by molar-refractivity contribution is 7.09. The van der Waals surface area contributed by atoms with E-state index in [2.05, 4.69) is 15.0 Å². The van der Waals surface area contributed by atoms with E-state index in [4.69, 9.17) is 0 Å². The minimum Gasteiger partial charge on any atom is -0.263 e. The Morgan fingerprint density at radius 3 is 2.82 bits per heavy atom. The standard InChI is InChI=1S/C7H7N3S/c1-2-8-6(9-3-1)7-10-4-5-11-7/h2-6H,1H2.